The third kappa shape index (κ3) is 4.31. The van der Waals surface area contributed by atoms with Crippen molar-refractivity contribution in [2.24, 2.45) is 20.0 Å². The average molecular weight is 792 g/mol. The number of fused-ring (bicyclic) bond motifs is 20. The molecule has 1 aliphatic heterocycles. The summed E-state index contributed by atoms with van der Waals surface area (Å²) in [6.07, 6.45) is 0. The number of H-pyrrole nitrogens is 4. The normalized spacial score (nSPS) is 12.8. The van der Waals surface area contributed by atoms with E-state index >= 15 is 0 Å². The second kappa shape index (κ2) is 11.0. The monoisotopic (exact) mass is 788 g/mol. The Hall–Kier alpha value is -3.44. The molecule has 16 heteroatoms. The molecule has 0 amide bonds. The second-order valence-corrected chi connectivity index (χ2v) is 13.9. The van der Waals surface area contributed by atoms with E-state index in [4.69, 9.17) is 113 Å². The lowest BCUT2D eigenvalue weighted by Crippen LogP contribution is -2.10. The maximum Gasteiger partial charge on any atom is 0.143 e. The van der Waals surface area contributed by atoms with E-state index in [1.807, 2.05) is 48.5 Å². The lowest BCUT2D eigenvalue weighted by molar-refractivity contribution is 1.08. The van der Waals surface area contributed by atoms with E-state index in [0.717, 1.165) is 21.5 Å². The number of benzene rings is 4. The molecule has 0 unspecified atom stereocenters. The van der Waals surface area contributed by atoms with Gasteiger partial charge in [0.1, 0.15) is 45.2 Å². The van der Waals surface area contributed by atoms with Gasteiger partial charge < -0.3 is 19.9 Å². The summed E-state index contributed by atoms with van der Waals surface area (Å²) in [5.41, 5.74) is 1.60. The van der Waals surface area contributed by atoms with Crippen LogP contribution in [0.15, 0.2) is 68.5 Å². The van der Waals surface area contributed by atoms with Crippen LogP contribution in [0.25, 0.3) is 43.1 Å². The van der Waals surface area contributed by atoms with Crippen molar-refractivity contribution < 1.29 is 0 Å². The summed E-state index contributed by atoms with van der Waals surface area (Å²) in [6, 6.07) is 15.5. The van der Waals surface area contributed by atoms with Crippen molar-refractivity contribution in [1.82, 2.24) is 19.9 Å². The molecule has 0 spiro atoms. The minimum atomic E-state index is 0.0484. The first-order chi connectivity index (χ1) is 23.1. The third-order valence-electron chi connectivity index (χ3n) is 8.20. The van der Waals surface area contributed by atoms with Crippen LogP contribution in [-0.2, 0) is 0 Å². The SMILES string of the molecule is Clc1c(Cl)c(Cl)c2c3[nH]c(c2c1Cl)N=c1[nH]c(c2ccccc12)=Nc1[nH]c(c2ccccc12)N=c1[nH]c(c2c(Cl)c(Cl)c(Cl)c(Cl)c12)=N3. The highest BCUT2D eigenvalue weighted by molar-refractivity contribution is 6.57. The molecule has 4 aromatic carbocycles. The quantitative estimate of drug-likeness (QED) is 0.0866. The Morgan fingerprint density at radius 2 is 0.625 bits per heavy atom. The van der Waals surface area contributed by atoms with Crippen LogP contribution in [-0.4, -0.2) is 19.9 Å². The van der Waals surface area contributed by atoms with Crippen LogP contribution in [0.1, 0.15) is 0 Å². The molecule has 48 heavy (non-hydrogen) atoms. The van der Waals surface area contributed by atoms with Crippen LogP contribution >= 0.6 is 92.8 Å². The largest absolute Gasteiger partial charge is 0.324 e. The first kappa shape index (κ1) is 30.6. The Kier molecular flexibility index (Phi) is 7.04. The molecule has 8 aromatic rings. The zero-order valence-corrected chi connectivity index (χ0v) is 29.5. The highest BCUT2D eigenvalue weighted by atomic mass is 35.5. The van der Waals surface area contributed by atoms with Gasteiger partial charge in [-0.2, -0.15) is 0 Å². The van der Waals surface area contributed by atoms with E-state index in [2.05, 4.69) is 19.9 Å². The van der Waals surface area contributed by atoms with Crippen molar-refractivity contribution in [2.75, 3.05) is 0 Å². The first-order valence-electron chi connectivity index (χ1n) is 14.0. The summed E-state index contributed by atoms with van der Waals surface area (Å²) in [6.45, 7) is 0. The second-order valence-electron chi connectivity index (χ2n) is 10.8. The Labute approximate surface area is 307 Å². The Bertz CT molecular complexity index is 3010. The number of halogens is 8. The number of aromatic nitrogens is 4. The van der Waals surface area contributed by atoms with Crippen LogP contribution in [0.5, 0.6) is 0 Å². The lowest BCUT2D eigenvalue weighted by atomic mass is 10.2. The number of aromatic amines is 4. The van der Waals surface area contributed by atoms with Gasteiger partial charge in [-0.25, -0.2) is 20.0 Å². The van der Waals surface area contributed by atoms with Crippen molar-refractivity contribution in [1.29, 1.82) is 0 Å². The zero-order chi connectivity index (χ0) is 33.2. The van der Waals surface area contributed by atoms with Crippen molar-refractivity contribution >= 4 is 159 Å². The molecule has 236 valence electrons. The average Bonchev–Trinajstić information content (AvgIpc) is 3.83. The summed E-state index contributed by atoms with van der Waals surface area (Å²) in [4.78, 5) is 33.2. The Morgan fingerprint density at radius 1 is 0.312 bits per heavy atom. The van der Waals surface area contributed by atoms with Gasteiger partial charge >= 0.3 is 0 Å². The minimum Gasteiger partial charge on any atom is -0.324 e. The Balaban J connectivity index is 1.56. The van der Waals surface area contributed by atoms with Gasteiger partial charge in [-0.15, -0.1) is 0 Å². The molecular formula is C32H12Cl8N8. The van der Waals surface area contributed by atoms with Crippen molar-refractivity contribution in [3.63, 3.8) is 0 Å². The van der Waals surface area contributed by atoms with Gasteiger partial charge in [-0.05, 0) is 0 Å². The van der Waals surface area contributed by atoms with E-state index in [1.54, 1.807) is 0 Å². The van der Waals surface area contributed by atoms with Crippen LogP contribution in [0.3, 0.4) is 0 Å². The molecule has 9 rings (SSSR count). The maximum absolute atomic E-state index is 6.84. The fourth-order valence-electron chi connectivity index (χ4n) is 6.05. The molecule has 0 fully saturated rings. The fraction of sp³-hybridized carbons (Fsp3) is 0. The smallest absolute Gasteiger partial charge is 0.143 e. The molecule has 0 saturated heterocycles. The van der Waals surface area contributed by atoms with Crippen LogP contribution in [0, 0.1) is 0 Å². The van der Waals surface area contributed by atoms with E-state index in [9.17, 15) is 0 Å². The molecule has 0 atom stereocenters. The van der Waals surface area contributed by atoms with Gasteiger partial charge in [-0.1, -0.05) is 141 Å². The zero-order valence-electron chi connectivity index (χ0n) is 23.4. The Morgan fingerprint density at radius 3 is 1.08 bits per heavy atom. The lowest BCUT2D eigenvalue weighted by Gasteiger charge is -2.05. The van der Waals surface area contributed by atoms with E-state index < -0.39 is 0 Å². The number of rotatable bonds is 0. The summed E-state index contributed by atoms with van der Waals surface area (Å²) in [5.74, 6) is 1.60. The van der Waals surface area contributed by atoms with Gasteiger partial charge in [-0.3, -0.25) is 0 Å². The topological polar surface area (TPSA) is 113 Å². The molecule has 0 saturated carbocycles. The molecule has 0 radical (unpaired) electrons. The standard InChI is InChI=1S/C32H12Cl8N8/c33-17-13-15(19(35)23(39)21(17)37)31-46-29(13)44-27-11-7-3-1-5-9(11)25(42-27)41-26-10-6-2-4-8-12(10)28(43-26)45-30-14-16(32(47-30)48-31)20(36)24(40)22(38)18(14)34/h1-8H,(H4,41,42,43,44,45,46,47,48). The van der Waals surface area contributed by atoms with Crippen LogP contribution < -0.4 is 22.0 Å². The maximum atomic E-state index is 6.84. The van der Waals surface area contributed by atoms with E-state index in [1.165, 1.54) is 0 Å². The molecule has 4 aromatic heterocycles. The van der Waals surface area contributed by atoms with Gasteiger partial charge in [0.25, 0.3) is 0 Å². The summed E-state index contributed by atoms with van der Waals surface area (Å²) >= 11 is 53.6. The predicted molar refractivity (Wildman–Crippen MR) is 197 cm³/mol. The molecular weight excluding hydrogens is 780 g/mol. The molecule has 5 heterocycles. The fourth-order valence-corrected chi connectivity index (χ4v) is 8.11. The highest BCUT2D eigenvalue weighted by Gasteiger charge is 2.25. The number of hydrogen-bond donors (Lipinski definition) is 4. The summed E-state index contributed by atoms with van der Waals surface area (Å²) < 4.78 is 0. The third-order valence-corrected chi connectivity index (χ3v) is 11.8. The number of nitrogens with one attached hydrogen (secondary N) is 4. The van der Waals surface area contributed by atoms with E-state index in [-0.39, 0.29) is 51.5 Å². The molecule has 1 aliphatic rings. The molecule has 8 nitrogen and oxygen atoms in total. The first-order valence-corrected chi connectivity index (χ1v) is 17.0. The summed E-state index contributed by atoms with van der Waals surface area (Å²) in [7, 11) is 0. The summed E-state index contributed by atoms with van der Waals surface area (Å²) in [5, 5.41) is 5.47. The molecule has 0 aliphatic carbocycles. The van der Waals surface area contributed by atoms with Gasteiger partial charge in [0.05, 0.1) is 61.7 Å². The van der Waals surface area contributed by atoms with Crippen molar-refractivity contribution in [2.45, 2.75) is 0 Å². The van der Waals surface area contributed by atoms with Crippen LogP contribution in [0.2, 0.25) is 40.2 Å². The van der Waals surface area contributed by atoms with Crippen LogP contribution in [0.4, 0.5) is 23.3 Å². The number of hydrogen-bond acceptors (Lipinski definition) is 4. The molecule has 8 bridgehead atoms. The highest BCUT2D eigenvalue weighted by Crippen LogP contribution is 2.50. The van der Waals surface area contributed by atoms with Crippen molar-refractivity contribution in [3.8, 4) is 0 Å². The molecule has 4 N–H and O–H groups in total. The van der Waals surface area contributed by atoms with Gasteiger partial charge in [0.15, 0.2) is 0 Å². The minimum absolute atomic E-state index is 0.0484. The predicted octanol–water partition coefficient (Wildman–Crippen LogP) is 11.0. The number of nitrogens with zero attached hydrogens (tertiary/aromatic N) is 4. The van der Waals surface area contributed by atoms with Crippen molar-refractivity contribution in [3.05, 3.63) is 111 Å². The van der Waals surface area contributed by atoms with Gasteiger partial charge in [0.2, 0.25) is 0 Å². The van der Waals surface area contributed by atoms with Gasteiger partial charge in [0, 0.05) is 21.5 Å². The van der Waals surface area contributed by atoms with E-state index in [0.29, 0.717) is 55.5 Å².